The summed E-state index contributed by atoms with van der Waals surface area (Å²) in [5.41, 5.74) is 10.5. The first-order chi connectivity index (χ1) is 15.2. The molecule has 0 spiro atoms. The van der Waals surface area contributed by atoms with Gasteiger partial charge in [-0.25, -0.2) is 8.42 Å². The van der Waals surface area contributed by atoms with Gasteiger partial charge in [0.25, 0.3) is 0 Å². The Morgan fingerprint density at radius 1 is 1.25 bits per heavy atom. The number of rotatable bonds is 11. The number of hydrogen-bond acceptors (Lipinski definition) is 6. The normalized spacial score (nSPS) is 17.8. The van der Waals surface area contributed by atoms with Crippen LogP contribution in [0.3, 0.4) is 0 Å². The average Bonchev–Trinajstić information content (AvgIpc) is 2.92. The standard InChI is InChI=1S/C20H30N6O5S/c21-20(22)23-11-6-7-15(14-27)24-18(28)13-26-12-5-4-10-17(19(26)29)25-32(30,31)16-8-2-1-3-9-16/h1-3,8-9,14-15,17,25H,4-7,10-13H2,(H,24,28)(H4,21,22,23). The van der Waals surface area contributed by atoms with Crippen molar-refractivity contribution in [1.29, 1.82) is 0 Å². The third-order valence-electron chi connectivity index (χ3n) is 4.94. The van der Waals surface area contributed by atoms with Crippen molar-refractivity contribution in [1.82, 2.24) is 14.9 Å². The largest absolute Gasteiger partial charge is 0.370 e. The van der Waals surface area contributed by atoms with Crippen LogP contribution in [0.15, 0.2) is 40.2 Å². The number of nitrogens with one attached hydrogen (secondary N) is 2. The van der Waals surface area contributed by atoms with E-state index < -0.39 is 33.9 Å². The van der Waals surface area contributed by atoms with Crippen LogP contribution in [0, 0.1) is 0 Å². The predicted octanol–water partition coefficient (Wildman–Crippen LogP) is -0.917. The predicted molar refractivity (Wildman–Crippen MR) is 119 cm³/mol. The quantitative estimate of drug-likeness (QED) is 0.141. The molecule has 0 bridgehead atoms. The van der Waals surface area contributed by atoms with Crippen LogP contribution in [0.1, 0.15) is 32.1 Å². The maximum absolute atomic E-state index is 12.9. The van der Waals surface area contributed by atoms with Crippen LogP contribution in [-0.2, 0) is 24.4 Å². The maximum Gasteiger partial charge on any atom is 0.241 e. The topological polar surface area (TPSA) is 177 Å². The van der Waals surface area contributed by atoms with Crippen LogP contribution >= 0.6 is 0 Å². The number of carbonyl (C=O) groups excluding carboxylic acids is 3. The first-order valence-electron chi connectivity index (χ1n) is 10.4. The van der Waals surface area contributed by atoms with Crippen LogP contribution in [-0.4, -0.2) is 69.1 Å². The van der Waals surface area contributed by atoms with Crippen LogP contribution in [0.5, 0.6) is 0 Å². The first kappa shape index (κ1) is 25.3. The molecule has 1 saturated heterocycles. The molecule has 32 heavy (non-hydrogen) atoms. The van der Waals surface area contributed by atoms with Crippen molar-refractivity contribution in [3.05, 3.63) is 30.3 Å². The van der Waals surface area contributed by atoms with Gasteiger partial charge in [-0.1, -0.05) is 18.2 Å². The Bertz CT molecular complexity index is 918. The SMILES string of the molecule is NC(N)=NCCCC(C=O)NC(=O)CN1CCCCC(NS(=O)(=O)c2ccccc2)C1=O. The van der Waals surface area contributed by atoms with Gasteiger partial charge in [0.05, 0.1) is 17.5 Å². The Kier molecular flexibility index (Phi) is 9.60. The molecule has 0 saturated carbocycles. The van der Waals surface area contributed by atoms with E-state index in [0.717, 1.165) is 0 Å². The summed E-state index contributed by atoms with van der Waals surface area (Å²) in [6.45, 7) is 0.392. The van der Waals surface area contributed by atoms with Crippen LogP contribution in [0.25, 0.3) is 0 Å². The number of likely N-dealkylation sites (tertiary alicyclic amines) is 1. The minimum Gasteiger partial charge on any atom is -0.370 e. The van der Waals surface area contributed by atoms with Gasteiger partial charge in [0, 0.05) is 13.1 Å². The fourth-order valence-corrected chi connectivity index (χ4v) is 4.59. The van der Waals surface area contributed by atoms with E-state index in [-0.39, 0.29) is 17.4 Å². The zero-order valence-corrected chi connectivity index (χ0v) is 18.6. The number of sulfonamides is 1. The molecule has 1 fully saturated rings. The van der Waals surface area contributed by atoms with E-state index in [1.807, 2.05) is 0 Å². The van der Waals surface area contributed by atoms with E-state index in [2.05, 4.69) is 15.0 Å². The van der Waals surface area contributed by atoms with Crippen LogP contribution in [0.2, 0.25) is 0 Å². The van der Waals surface area contributed by atoms with E-state index in [9.17, 15) is 22.8 Å². The van der Waals surface area contributed by atoms with Crippen molar-refractivity contribution in [2.24, 2.45) is 16.5 Å². The third-order valence-corrected chi connectivity index (χ3v) is 6.43. The molecular weight excluding hydrogens is 436 g/mol. The summed E-state index contributed by atoms with van der Waals surface area (Å²) in [5, 5.41) is 2.58. The molecule has 1 heterocycles. The third kappa shape index (κ3) is 7.93. The smallest absolute Gasteiger partial charge is 0.241 e. The number of hydrogen-bond donors (Lipinski definition) is 4. The lowest BCUT2D eigenvalue weighted by Crippen LogP contribution is -2.51. The highest BCUT2D eigenvalue weighted by atomic mass is 32.2. The van der Waals surface area contributed by atoms with Gasteiger partial charge < -0.3 is 26.5 Å². The molecular formula is C20H30N6O5S. The molecule has 176 valence electrons. The first-order valence-corrected chi connectivity index (χ1v) is 11.9. The summed E-state index contributed by atoms with van der Waals surface area (Å²) in [4.78, 5) is 41.8. The van der Waals surface area contributed by atoms with Gasteiger partial charge in [-0.2, -0.15) is 4.72 Å². The number of carbonyl (C=O) groups is 3. The minimum atomic E-state index is -3.88. The summed E-state index contributed by atoms with van der Waals surface area (Å²) >= 11 is 0. The van der Waals surface area contributed by atoms with E-state index in [1.54, 1.807) is 18.2 Å². The van der Waals surface area contributed by atoms with E-state index in [0.29, 0.717) is 51.5 Å². The molecule has 2 amide bonds. The van der Waals surface area contributed by atoms with Gasteiger partial charge in [0.2, 0.25) is 21.8 Å². The minimum absolute atomic E-state index is 0.0474. The molecule has 6 N–H and O–H groups in total. The van der Waals surface area contributed by atoms with Crippen LogP contribution < -0.4 is 21.5 Å². The van der Waals surface area contributed by atoms with Gasteiger partial charge in [0.1, 0.15) is 12.3 Å². The Balaban J connectivity index is 1.95. The fraction of sp³-hybridized carbons (Fsp3) is 0.500. The van der Waals surface area contributed by atoms with Crippen LogP contribution in [0.4, 0.5) is 0 Å². The molecule has 12 heteroatoms. The van der Waals surface area contributed by atoms with Crippen molar-refractivity contribution >= 4 is 34.1 Å². The highest BCUT2D eigenvalue weighted by Gasteiger charge is 2.32. The number of amides is 2. The molecule has 2 rings (SSSR count). The Labute approximate surface area is 187 Å². The van der Waals surface area contributed by atoms with E-state index in [1.165, 1.54) is 17.0 Å². The molecule has 1 aliphatic heterocycles. The fourth-order valence-electron chi connectivity index (χ4n) is 3.35. The molecule has 0 aromatic heterocycles. The summed E-state index contributed by atoms with van der Waals surface area (Å²) in [7, 11) is -3.88. The molecule has 0 aliphatic carbocycles. The zero-order valence-electron chi connectivity index (χ0n) is 17.8. The lowest BCUT2D eigenvalue weighted by atomic mass is 10.1. The van der Waals surface area contributed by atoms with Gasteiger partial charge >= 0.3 is 0 Å². The van der Waals surface area contributed by atoms with Crippen molar-refractivity contribution in [3.8, 4) is 0 Å². The summed E-state index contributed by atoms with van der Waals surface area (Å²) in [5.74, 6) is -1.01. The number of nitrogens with zero attached hydrogens (tertiary/aromatic N) is 2. The number of guanidine groups is 1. The molecule has 1 aromatic rings. The van der Waals surface area contributed by atoms with Gasteiger partial charge in [-0.15, -0.1) is 0 Å². The number of nitrogens with two attached hydrogens (primary N) is 2. The monoisotopic (exact) mass is 466 g/mol. The summed E-state index contributed by atoms with van der Waals surface area (Å²) in [6.07, 6.45) is 3.07. The van der Waals surface area contributed by atoms with Gasteiger partial charge in [0.15, 0.2) is 5.96 Å². The molecule has 11 nitrogen and oxygen atoms in total. The Morgan fingerprint density at radius 3 is 2.62 bits per heavy atom. The number of aldehydes is 1. The lowest BCUT2D eigenvalue weighted by molar-refractivity contribution is -0.137. The molecule has 1 aliphatic rings. The molecule has 2 unspecified atom stereocenters. The Hall–Kier alpha value is -2.99. The molecule has 0 radical (unpaired) electrons. The number of aliphatic imine (C=N–C) groups is 1. The second kappa shape index (κ2) is 12.2. The number of benzene rings is 1. The van der Waals surface area contributed by atoms with Crippen molar-refractivity contribution in [2.75, 3.05) is 19.6 Å². The van der Waals surface area contributed by atoms with E-state index in [4.69, 9.17) is 11.5 Å². The van der Waals surface area contributed by atoms with Crippen molar-refractivity contribution in [3.63, 3.8) is 0 Å². The van der Waals surface area contributed by atoms with Crippen molar-refractivity contribution in [2.45, 2.75) is 49.1 Å². The van der Waals surface area contributed by atoms with Crippen molar-refractivity contribution < 1.29 is 22.8 Å². The second-order valence-corrected chi connectivity index (χ2v) is 9.22. The Morgan fingerprint density at radius 2 is 1.97 bits per heavy atom. The summed E-state index contributed by atoms with van der Waals surface area (Å²) < 4.78 is 27.7. The second-order valence-electron chi connectivity index (χ2n) is 7.50. The lowest BCUT2D eigenvalue weighted by Gasteiger charge is -2.25. The highest BCUT2D eigenvalue weighted by Crippen LogP contribution is 2.16. The molecule has 1 aromatic carbocycles. The van der Waals surface area contributed by atoms with Gasteiger partial charge in [-0.3, -0.25) is 14.6 Å². The molecule has 2 atom stereocenters. The summed E-state index contributed by atoms with van der Waals surface area (Å²) in [6, 6.07) is 6.09. The average molecular weight is 467 g/mol. The zero-order chi connectivity index (χ0) is 23.6. The highest BCUT2D eigenvalue weighted by molar-refractivity contribution is 7.89. The van der Waals surface area contributed by atoms with Gasteiger partial charge in [-0.05, 0) is 44.2 Å². The van der Waals surface area contributed by atoms with E-state index >= 15 is 0 Å². The maximum atomic E-state index is 12.9.